The second-order valence-electron chi connectivity index (χ2n) is 4.35. The fraction of sp³-hybridized carbons (Fsp3) is 0.700. The Balaban J connectivity index is 4.10. The van der Waals surface area contributed by atoms with E-state index in [-0.39, 0.29) is 5.41 Å². The van der Waals surface area contributed by atoms with Crippen molar-refractivity contribution in [2.24, 2.45) is 5.41 Å². The van der Waals surface area contributed by atoms with Crippen molar-refractivity contribution in [3.63, 3.8) is 0 Å². The van der Waals surface area contributed by atoms with Crippen molar-refractivity contribution < 1.29 is 9.90 Å². The SMILES string of the molecule is C=CCNC(CC(C)(C)C)C(=O)O. The minimum absolute atomic E-state index is 0.0250. The van der Waals surface area contributed by atoms with Crippen molar-refractivity contribution in [3.05, 3.63) is 12.7 Å². The van der Waals surface area contributed by atoms with E-state index in [9.17, 15) is 4.79 Å². The third-order valence-corrected chi connectivity index (χ3v) is 1.62. The largest absolute Gasteiger partial charge is 0.480 e. The summed E-state index contributed by atoms with van der Waals surface area (Å²) in [6, 6.07) is -0.474. The van der Waals surface area contributed by atoms with Crippen LogP contribution in [0.25, 0.3) is 0 Å². The highest BCUT2D eigenvalue weighted by Crippen LogP contribution is 2.20. The molecule has 0 bridgehead atoms. The quantitative estimate of drug-likeness (QED) is 0.640. The lowest BCUT2D eigenvalue weighted by molar-refractivity contribution is -0.140. The molecule has 3 heteroatoms. The Labute approximate surface area is 79.8 Å². The Morgan fingerprint density at radius 3 is 2.46 bits per heavy atom. The molecule has 0 rings (SSSR count). The highest BCUT2D eigenvalue weighted by atomic mass is 16.4. The van der Waals surface area contributed by atoms with Gasteiger partial charge in [-0.2, -0.15) is 0 Å². The Kier molecular flexibility index (Phi) is 4.70. The molecular weight excluding hydrogens is 166 g/mol. The molecule has 3 nitrogen and oxygen atoms in total. The molecule has 1 unspecified atom stereocenters. The second kappa shape index (κ2) is 5.02. The van der Waals surface area contributed by atoms with E-state index in [1.165, 1.54) is 0 Å². The molecule has 76 valence electrons. The average molecular weight is 185 g/mol. The van der Waals surface area contributed by atoms with Crippen LogP contribution in [0, 0.1) is 5.41 Å². The summed E-state index contributed by atoms with van der Waals surface area (Å²) in [6.45, 7) is 10.1. The van der Waals surface area contributed by atoms with Gasteiger partial charge in [0.15, 0.2) is 0 Å². The summed E-state index contributed by atoms with van der Waals surface area (Å²) < 4.78 is 0. The molecule has 0 spiro atoms. The fourth-order valence-electron chi connectivity index (χ4n) is 1.08. The van der Waals surface area contributed by atoms with E-state index >= 15 is 0 Å². The summed E-state index contributed by atoms with van der Waals surface area (Å²) in [7, 11) is 0. The normalized spacial score (nSPS) is 13.8. The van der Waals surface area contributed by atoms with Crippen LogP contribution in [-0.2, 0) is 4.79 Å². The van der Waals surface area contributed by atoms with Gasteiger partial charge in [-0.25, -0.2) is 0 Å². The molecule has 0 heterocycles. The summed E-state index contributed by atoms with van der Waals surface area (Å²) in [5.41, 5.74) is 0.0250. The van der Waals surface area contributed by atoms with Crippen LogP contribution >= 0.6 is 0 Å². The first-order valence-corrected chi connectivity index (χ1v) is 4.44. The molecule has 0 aliphatic heterocycles. The molecule has 0 saturated heterocycles. The van der Waals surface area contributed by atoms with Crippen molar-refractivity contribution in [3.8, 4) is 0 Å². The molecular formula is C10H19NO2. The maximum atomic E-state index is 10.8. The van der Waals surface area contributed by atoms with Gasteiger partial charge in [0, 0.05) is 6.54 Å². The molecule has 0 saturated carbocycles. The molecule has 0 amide bonds. The summed E-state index contributed by atoms with van der Waals surface area (Å²) in [5.74, 6) is -0.795. The monoisotopic (exact) mass is 185 g/mol. The van der Waals surface area contributed by atoms with Gasteiger partial charge >= 0.3 is 5.97 Å². The van der Waals surface area contributed by atoms with Gasteiger partial charge in [0.25, 0.3) is 0 Å². The molecule has 13 heavy (non-hydrogen) atoms. The van der Waals surface area contributed by atoms with Gasteiger partial charge in [-0.3, -0.25) is 4.79 Å². The lowest BCUT2D eigenvalue weighted by Crippen LogP contribution is -2.39. The molecule has 0 fully saturated rings. The molecule has 0 aliphatic rings. The van der Waals surface area contributed by atoms with Crippen LogP contribution in [0.3, 0.4) is 0 Å². The molecule has 0 aliphatic carbocycles. The van der Waals surface area contributed by atoms with E-state index in [4.69, 9.17) is 5.11 Å². The van der Waals surface area contributed by atoms with Gasteiger partial charge in [-0.1, -0.05) is 26.8 Å². The molecule has 0 aromatic heterocycles. The zero-order valence-corrected chi connectivity index (χ0v) is 8.63. The highest BCUT2D eigenvalue weighted by Gasteiger charge is 2.23. The third kappa shape index (κ3) is 6.34. The number of hydrogen-bond acceptors (Lipinski definition) is 2. The van der Waals surface area contributed by atoms with Crippen LogP contribution in [0.2, 0.25) is 0 Å². The number of nitrogens with one attached hydrogen (secondary N) is 1. The predicted molar refractivity (Wildman–Crippen MR) is 53.7 cm³/mol. The summed E-state index contributed by atoms with van der Waals surface area (Å²) >= 11 is 0. The highest BCUT2D eigenvalue weighted by molar-refractivity contribution is 5.73. The number of carboxylic acid groups (broad SMARTS) is 1. The van der Waals surface area contributed by atoms with Crippen LogP contribution in [0.15, 0.2) is 12.7 Å². The molecule has 2 N–H and O–H groups in total. The first-order valence-electron chi connectivity index (χ1n) is 4.44. The van der Waals surface area contributed by atoms with Crippen LogP contribution in [-0.4, -0.2) is 23.7 Å². The average Bonchev–Trinajstić information content (AvgIpc) is 1.95. The fourth-order valence-corrected chi connectivity index (χ4v) is 1.08. The Morgan fingerprint density at radius 1 is 1.62 bits per heavy atom. The first-order chi connectivity index (χ1) is 5.87. The maximum Gasteiger partial charge on any atom is 0.320 e. The van der Waals surface area contributed by atoms with E-state index in [2.05, 4.69) is 11.9 Å². The Bertz CT molecular complexity index is 182. The van der Waals surface area contributed by atoms with Crippen LogP contribution in [0.5, 0.6) is 0 Å². The molecule has 0 aromatic rings. The smallest absolute Gasteiger partial charge is 0.320 e. The molecule has 1 atom stereocenters. The second-order valence-corrected chi connectivity index (χ2v) is 4.35. The van der Waals surface area contributed by atoms with E-state index in [1.54, 1.807) is 6.08 Å². The molecule has 0 aromatic carbocycles. The van der Waals surface area contributed by atoms with Crippen molar-refractivity contribution in [1.29, 1.82) is 0 Å². The third-order valence-electron chi connectivity index (χ3n) is 1.62. The first kappa shape index (κ1) is 12.2. The summed E-state index contributed by atoms with van der Waals surface area (Å²) in [4.78, 5) is 10.8. The van der Waals surface area contributed by atoms with Crippen molar-refractivity contribution >= 4 is 5.97 Å². The zero-order chi connectivity index (χ0) is 10.5. The predicted octanol–water partition coefficient (Wildman–Crippen LogP) is 1.65. The van der Waals surface area contributed by atoms with E-state index < -0.39 is 12.0 Å². The van der Waals surface area contributed by atoms with E-state index in [0.717, 1.165) is 0 Å². The van der Waals surface area contributed by atoms with Gasteiger partial charge in [0.1, 0.15) is 6.04 Å². The number of carbonyl (C=O) groups is 1. The summed E-state index contributed by atoms with van der Waals surface area (Å²) in [5, 5.41) is 11.8. The van der Waals surface area contributed by atoms with Crippen LogP contribution in [0.1, 0.15) is 27.2 Å². The van der Waals surface area contributed by atoms with Crippen molar-refractivity contribution in [2.45, 2.75) is 33.2 Å². The summed E-state index contributed by atoms with van der Waals surface area (Å²) in [6.07, 6.45) is 2.29. The minimum Gasteiger partial charge on any atom is -0.480 e. The minimum atomic E-state index is -0.795. The lowest BCUT2D eigenvalue weighted by atomic mass is 9.88. The van der Waals surface area contributed by atoms with Gasteiger partial charge in [0.2, 0.25) is 0 Å². The van der Waals surface area contributed by atoms with Crippen LogP contribution < -0.4 is 5.32 Å². The number of rotatable bonds is 5. The van der Waals surface area contributed by atoms with Gasteiger partial charge < -0.3 is 10.4 Å². The van der Waals surface area contributed by atoms with Crippen LogP contribution in [0.4, 0.5) is 0 Å². The lowest BCUT2D eigenvalue weighted by Gasteiger charge is -2.23. The van der Waals surface area contributed by atoms with Crippen molar-refractivity contribution in [1.82, 2.24) is 5.32 Å². The van der Waals surface area contributed by atoms with Gasteiger partial charge in [0.05, 0.1) is 0 Å². The number of aliphatic carboxylic acids is 1. The Morgan fingerprint density at radius 2 is 2.15 bits per heavy atom. The van der Waals surface area contributed by atoms with Crippen molar-refractivity contribution in [2.75, 3.05) is 6.54 Å². The van der Waals surface area contributed by atoms with E-state index in [0.29, 0.717) is 13.0 Å². The van der Waals surface area contributed by atoms with E-state index in [1.807, 2.05) is 20.8 Å². The zero-order valence-electron chi connectivity index (χ0n) is 8.63. The number of hydrogen-bond donors (Lipinski definition) is 2. The topological polar surface area (TPSA) is 49.3 Å². The van der Waals surface area contributed by atoms with Gasteiger partial charge in [-0.15, -0.1) is 6.58 Å². The Hall–Kier alpha value is -0.830. The maximum absolute atomic E-state index is 10.8. The molecule has 0 radical (unpaired) electrons. The van der Waals surface area contributed by atoms with Gasteiger partial charge in [-0.05, 0) is 11.8 Å². The standard InChI is InChI=1S/C10H19NO2/c1-5-6-11-8(9(12)13)7-10(2,3)4/h5,8,11H,1,6-7H2,2-4H3,(H,12,13). The number of carboxylic acids is 1.